The van der Waals surface area contributed by atoms with Crippen molar-refractivity contribution in [1.29, 1.82) is 0 Å². The molecule has 0 fully saturated rings. The van der Waals surface area contributed by atoms with Gasteiger partial charge in [-0.2, -0.15) is 13.2 Å². The molecule has 0 saturated carbocycles. The first-order chi connectivity index (χ1) is 13.0. The van der Waals surface area contributed by atoms with Crippen molar-refractivity contribution >= 4 is 27.8 Å². The number of alkyl halides is 3. The van der Waals surface area contributed by atoms with Crippen LogP contribution in [0.4, 0.5) is 13.2 Å². The standard InChI is InChI=1S/C18H18F3NO4S2.H2/c1-2-12-3-8-15(11-16(12)17(23)24)28(25,26)22-9-10-27-14-6-4-13(5-7-14)18(19,20)21;/h3-8,11,22H,2,9-10H2,1H3,(H,23,24);1H. The molecule has 2 N–H and O–H groups in total. The van der Waals surface area contributed by atoms with Crippen molar-refractivity contribution < 1.29 is 32.9 Å². The highest BCUT2D eigenvalue weighted by Gasteiger charge is 2.29. The van der Waals surface area contributed by atoms with Crippen LogP contribution in [0.15, 0.2) is 52.3 Å². The molecular weight excluding hydrogens is 415 g/mol. The summed E-state index contributed by atoms with van der Waals surface area (Å²) in [5, 5.41) is 9.21. The molecule has 0 spiro atoms. The number of benzene rings is 2. The van der Waals surface area contributed by atoms with Crippen LogP contribution in [0.2, 0.25) is 0 Å². The Bertz CT molecular complexity index is 949. The third-order valence-corrected chi connectivity index (χ3v) is 6.32. The summed E-state index contributed by atoms with van der Waals surface area (Å²) in [6, 6.07) is 8.51. The molecule has 0 aliphatic heterocycles. The summed E-state index contributed by atoms with van der Waals surface area (Å²) in [7, 11) is -3.90. The molecule has 0 aliphatic rings. The highest BCUT2D eigenvalue weighted by Crippen LogP contribution is 2.30. The normalized spacial score (nSPS) is 12.1. The Labute approximate surface area is 166 Å². The van der Waals surface area contributed by atoms with E-state index >= 15 is 0 Å². The van der Waals surface area contributed by atoms with Crippen LogP contribution in [0.5, 0.6) is 0 Å². The highest BCUT2D eigenvalue weighted by molar-refractivity contribution is 7.99. The van der Waals surface area contributed by atoms with Gasteiger partial charge in [0.1, 0.15) is 0 Å². The number of aromatic carboxylic acids is 1. The number of halogens is 3. The van der Waals surface area contributed by atoms with Crippen molar-refractivity contribution in [3.05, 3.63) is 59.2 Å². The fourth-order valence-corrected chi connectivity index (χ4v) is 4.35. The summed E-state index contributed by atoms with van der Waals surface area (Å²) in [6.45, 7) is 1.80. The number of aryl methyl sites for hydroxylation is 1. The predicted molar refractivity (Wildman–Crippen MR) is 102 cm³/mol. The quantitative estimate of drug-likeness (QED) is 0.478. The van der Waals surface area contributed by atoms with E-state index in [-0.39, 0.29) is 18.4 Å². The first kappa shape index (κ1) is 22.3. The minimum Gasteiger partial charge on any atom is -0.478 e. The van der Waals surface area contributed by atoms with Gasteiger partial charge in [0.05, 0.1) is 16.0 Å². The maximum Gasteiger partial charge on any atom is 0.416 e. The lowest BCUT2D eigenvalue weighted by atomic mass is 10.1. The Morgan fingerprint density at radius 3 is 2.36 bits per heavy atom. The van der Waals surface area contributed by atoms with Gasteiger partial charge in [0.25, 0.3) is 0 Å². The molecule has 5 nitrogen and oxygen atoms in total. The minimum absolute atomic E-state index is 0. The Morgan fingerprint density at radius 1 is 1.18 bits per heavy atom. The van der Waals surface area contributed by atoms with E-state index in [2.05, 4.69) is 4.72 Å². The monoisotopic (exact) mass is 435 g/mol. The molecule has 10 heteroatoms. The van der Waals surface area contributed by atoms with Gasteiger partial charge in [-0.25, -0.2) is 17.9 Å². The molecule has 0 saturated heterocycles. The number of hydrogen-bond donors (Lipinski definition) is 2. The van der Waals surface area contributed by atoms with E-state index in [1.165, 1.54) is 36.0 Å². The maximum atomic E-state index is 12.5. The summed E-state index contributed by atoms with van der Waals surface area (Å²) in [5.41, 5.74) is -0.281. The second kappa shape index (κ2) is 8.97. The molecule has 0 unspecified atom stereocenters. The van der Waals surface area contributed by atoms with Gasteiger partial charge in [0.2, 0.25) is 10.0 Å². The van der Waals surface area contributed by atoms with Gasteiger partial charge >= 0.3 is 12.1 Å². The van der Waals surface area contributed by atoms with Crippen LogP contribution in [-0.2, 0) is 22.6 Å². The summed E-state index contributed by atoms with van der Waals surface area (Å²) < 4.78 is 64.6. The number of thioether (sulfide) groups is 1. The van der Waals surface area contributed by atoms with E-state index in [1.807, 2.05) is 0 Å². The summed E-state index contributed by atoms with van der Waals surface area (Å²) >= 11 is 1.20. The van der Waals surface area contributed by atoms with Gasteiger partial charge in [-0.15, -0.1) is 11.8 Å². The van der Waals surface area contributed by atoms with E-state index in [1.54, 1.807) is 6.92 Å². The number of rotatable bonds is 8. The summed E-state index contributed by atoms with van der Waals surface area (Å²) in [5.74, 6) is -0.907. The topological polar surface area (TPSA) is 83.5 Å². The zero-order valence-electron chi connectivity index (χ0n) is 14.8. The Morgan fingerprint density at radius 2 is 1.82 bits per heavy atom. The second-order valence-electron chi connectivity index (χ2n) is 5.75. The lowest BCUT2D eigenvalue weighted by Crippen LogP contribution is -2.26. The van der Waals surface area contributed by atoms with Gasteiger partial charge in [-0.3, -0.25) is 0 Å². The van der Waals surface area contributed by atoms with Gasteiger partial charge in [-0.05, 0) is 48.4 Å². The van der Waals surface area contributed by atoms with E-state index in [9.17, 15) is 31.5 Å². The zero-order valence-corrected chi connectivity index (χ0v) is 16.4. The number of carboxylic acids is 1. The van der Waals surface area contributed by atoms with Crippen molar-refractivity contribution in [2.75, 3.05) is 12.3 Å². The SMILES string of the molecule is CCc1ccc(S(=O)(=O)NCCSc2ccc(C(F)(F)F)cc2)cc1C(=O)O.[HH]. The molecule has 0 bridgehead atoms. The number of nitrogens with one attached hydrogen (secondary N) is 1. The van der Waals surface area contributed by atoms with Gasteiger partial charge < -0.3 is 5.11 Å². The smallest absolute Gasteiger partial charge is 0.416 e. The fourth-order valence-electron chi connectivity index (χ4n) is 2.40. The van der Waals surface area contributed by atoms with Crippen molar-refractivity contribution in [2.24, 2.45) is 0 Å². The third kappa shape index (κ3) is 5.73. The fraction of sp³-hybridized carbons (Fsp3) is 0.278. The molecule has 0 amide bonds. The number of hydrogen-bond acceptors (Lipinski definition) is 4. The molecular formula is C18H20F3NO4S2. The lowest BCUT2D eigenvalue weighted by molar-refractivity contribution is -0.137. The third-order valence-electron chi connectivity index (χ3n) is 3.85. The molecule has 0 heterocycles. The van der Waals surface area contributed by atoms with Crippen molar-refractivity contribution in [3.8, 4) is 0 Å². The average Bonchev–Trinajstić information content (AvgIpc) is 2.64. The molecule has 2 aromatic carbocycles. The highest BCUT2D eigenvalue weighted by atomic mass is 32.2. The first-order valence-corrected chi connectivity index (χ1v) is 10.7. The van der Waals surface area contributed by atoms with Crippen LogP contribution >= 0.6 is 11.8 Å². The van der Waals surface area contributed by atoms with Crippen molar-refractivity contribution in [2.45, 2.75) is 29.3 Å². The molecule has 0 aliphatic carbocycles. The van der Waals surface area contributed by atoms with Gasteiger partial charge in [0.15, 0.2) is 0 Å². The average molecular weight is 435 g/mol. The Balaban J connectivity index is 0.00000420. The molecule has 0 atom stereocenters. The minimum atomic E-state index is -4.40. The van der Waals surface area contributed by atoms with Gasteiger partial charge in [0, 0.05) is 18.6 Å². The Kier molecular flexibility index (Phi) is 7.13. The van der Waals surface area contributed by atoms with Crippen LogP contribution < -0.4 is 4.72 Å². The van der Waals surface area contributed by atoms with Crippen LogP contribution in [0.1, 0.15) is 29.8 Å². The molecule has 2 rings (SSSR count). The zero-order chi connectivity index (χ0) is 20.9. The number of carboxylic acid groups (broad SMARTS) is 1. The van der Waals surface area contributed by atoms with Crippen LogP contribution in [0, 0.1) is 0 Å². The summed E-state index contributed by atoms with van der Waals surface area (Å²) in [4.78, 5) is 11.7. The van der Waals surface area contributed by atoms with E-state index in [0.717, 1.165) is 18.2 Å². The summed E-state index contributed by atoms with van der Waals surface area (Å²) in [6.07, 6.45) is -3.94. The van der Waals surface area contributed by atoms with Crippen molar-refractivity contribution in [3.63, 3.8) is 0 Å². The number of sulfonamides is 1. The molecule has 2 aromatic rings. The van der Waals surface area contributed by atoms with Crippen molar-refractivity contribution in [1.82, 2.24) is 4.72 Å². The van der Waals surface area contributed by atoms with E-state index in [0.29, 0.717) is 22.6 Å². The number of carbonyl (C=O) groups is 1. The molecule has 154 valence electrons. The van der Waals surface area contributed by atoms with Crippen LogP contribution in [0.3, 0.4) is 0 Å². The molecule has 28 heavy (non-hydrogen) atoms. The predicted octanol–water partition coefficient (Wildman–Crippen LogP) is 4.28. The largest absolute Gasteiger partial charge is 0.478 e. The Hall–Kier alpha value is -2.04. The molecule has 0 radical (unpaired) electrons. The van der Waals surface area contributed by atoms with Crippen LogP contribution in [0.25, 0.3) is 0 Å². The first-order valence-electron chi connectivity index (χ1n) is 8.20. The second-order valence-corrected chi connectivity index (χ2v) is 8.68. The van der Waals surface area contributed by atoms with Gasteiger partial charge in [-0.1, -0.05) is 13.0 Å². The lowest BCUT2D eigenvalue weighted by Gasteiger charge is -2.10. The van der Waals surface area contributed by atoms with E-state index < -0.39 is 27.7 Å². The maximum absolute atomic E-state index is 12.5. The van der Waals surface area contributed by atoms with Crippen LogP contribution in [-0.4, -0.2) is 31.8 Å². The van der Waals surface area contributed by atoms with E-state index in [4.69, 9.17) is 0 Å². The molecule has 0 aromatic heterocycles.